The zero-order valence-corrected chi connectivity index (χ0v) is 13.2. The average molecular weight is 319 g/mol. The van der Waals surface area contributed by atoms with E-state index >= 15 is 0 Å². The number of nitrogens with two attached hydrogens (primary N) is 2. The van der Waals surface area contributed by atoms with Crippen LogP contribution in [0.15, 0.2) is 60.9 Å². The number of amidine groups is 1. The Kier molecular flexibility index (Phi) is 4.52. The van der Waals surface area contributed by atoms with E-state index in [1.54, 1.807) is 12.4 Å². The molecular formula is C19H19N4O+. The lowest BCUT2D eigenvalue weighted by atomic mass is 10.1. The summed E-state index contributed by atoms with van der Waals surface area (Å²) < 4.78 is 0. The van der Waals surface area contributed by atoms with Crippen LogP contribution in [-0.2, 0) is 11.2 Å². The molecule has 0 fully saturated rings. The summed E-state index contributed by atoms with van der Waals surface area (Å²) >= 11 is 0. The minimum atomic E-state index is -0.0191. The molecule has 1 aromatic heterocycles. The number of fused-ring (bicyclic) bond motifs is 1. The van der Waals surface area contributed by atoms with E-state index < -0.39 is 0 Å². The number of aromatic nitrogens is 1. The second-order valence-corrected chi connectivity index (χ2v) is 5.64. The maximum atomic E-state index is 12.1. The molecule has 0 saturated heterocycles. The lowest BCUT2D eigenvalue weighted by molar-refractivity contribution is -0.116. The molecule has 0 radical (unpaired) electrons. The Morgan fingerprint density at radius 3 is 2.67 bits per heavy atom. The molecule has 0 bridgehead atoms. The number of hydrogen-bond acceptors (Lipinski definition) is 2. The van der Waals surface area contributed by atoms with Gasteiger partial charge in [0.05, 0.1) is 5.56 Å². The molecule has 120 valence electrons. The second kappa shape index (κ2) is 6.91. The molecule has 1 amide bonds. The second-order valence-electron chi connectivity index (χ2n) is 5.64. The number of anilines is 1. The van der Waals surface area contributed by atoms with Crippen molar-refractivity contribution >= 4 is 28.2 Å². The van der Waals surface area contributed by atoms with Gasteiger partial charge in [-0.1, -0.05) is 18.2 Å². The fourth-order valence-corrected chi connectivity index (χ4v) is 2.53. The number of rotatable bonds is 5. The highest BCUT2D eigenvalue weighted by Gasteiger charge is 2.06. The Hall–Kier alpha value is -3.21. The van der Waals surface area contributed by atoms with Crippen LogP contribution < -0.4 is 16.5 Å². The normalized spacial score (nSPS) is 10.5. The predicted octanol–water partition coefficient (Wildman–Crippen LogP) is 1.27. The number of pyridine rings is 1. The van der Waals surface area contributed by atoms with Crippen LogP contribution in [0.25, 0.3) is 10.8 Å². The molecule has 0 unspecified atom stereocenters. The first-order chi connectivity index (χ1) is 11.6. The summed E-state index contributed by atoms with van der Waals surface area (Å²) in [5, 5.41) is 10.6. The van der Waals surface area contributed by atoms with Crippen LogP contribution in [0, 0.1) is 0 Å². The summed E-state index contributed by atoms with van der Waals surface area (Å²) in [6, 6.07) is 15.3. The maximum Gasteiger partial charge on any atom is 0.270 e. The van der Waals surface area contributed by atoms with Gasteiger partial charge in [-0.2, -0.15) is 0 Å². The Bertz CT molecular complexity index is 890. The SMILES string of the molecule is NC(=[NH2+])c1ccc2cc(NC(=O)CCc3cccnc3)ccc2c1. The van der Waals surface area contributed by atoms with Gasteiger partial charge < -0.3 is 5.32 Å². The molecule has 5 heteroatoms. The Balaban J connectivity index is 1.67. The van der Waals surface area contributed by atoms with Crippen LogP contribution >= 0.6 is 0 Å². The molecule has 0 spiro atoms. The third-order valence-corrected chi connectivity index (χ3v) is 3.82. The average Bonchev–Trinajstić information content (AvgIpc) is 2.60. The van der Waals surface area contributed by atoms with Crippen molar-refractivity contribution in [3.8, 4) is 0 Å². The monoisotopic (exact) mass is 319 g/mol. The van der Waals surface area contributed by atoms with Gasteiger partial charge in [0.2, 0.25) is 5.91 Å². The van der Waals surface area contributed by atoms with Crippen molar-refractivity contribution in [1.29, 1.82) is 0 Å². The molecule has 3 aromatic rings. The highest BCUT2D eigenvalue weighted by atomic mass is 16.1. The third kappa shape index (κ3) is 3.76. The van der Waals surface area contributed by atoms with E-state index in [0.29, 0.717) is 18.7 Å². The number of carbonyl (C=O) groups is 1. The number of hydrogen-bond donors (Lipinski definition) is 3. The van der Waals surface area contributed by atoms with Crippen LogP contribution in [-0.4, -0.2) is 16.7 Å². The van der Waals surface area contributed by atoms with Crippen LogP contribution in [0.2, 0.25) is 0 Å². The minimum Gasteiger partial charge on any atom is -0.326 e. The van der Waals surface area contributed by atoms with Gasteiger partial charge in [-0.05, 0) is 53.1 Å². The maximum absolute atomic E-state index is 12.1. The molecule has 0 atom stereocenters. The van der Waals surface area contributed by atoms with Gasteiger partial charge in [0.15, 0.2) is 0 Å². The highest BCUT2D eigenvalue weighted by Crippen LogP contribution is 2.20. The molecular weight excluding hydrogens is 300 g/mol. The topological polar surface area (TPSA) is 93.6 Å². The first-order valence-electron chi connectivity index (χ1n) is 7.73. The molecule has 5 N–H and O–H groups in total. The first kappa shape index (κ1) is 15.7. The van der Waals surface area contributed by atoms with E-state index in [2.05, 4.69) is 10.3 Å². The van der Waals surface area contributed by atoms with Crippen molar-refractivity contribution in [1.82, 2.24) is 4.98 Å². The summed E-state index contributed by atoms with van der Waals surface area (Å²) in [4.78, 5) is 16.1. The van der Waals surface area contributed by atoms with Crippen molar-refractivity contribution in [2.75, 3.05) is 5.32 Å². The van der Waals surface area contributed by atoms with Gasteiger partial charge in [0, 0.05) is 24.5 Å². The third-order valence-electron chi connectivity index (χ3n) is 3.82. The molecule has 0 aliphatic heterocycles. The van der Waals surface area contributed by atoms with Gasteiger partial charge in [-0.15, -0.1) is 0 Å². The largest absolute Gasteiger partial charge is 0.326 e. The van der Waals surface area contributed by atoms with E-state index in [1.165, 1.54) is 0 Å². The first-order valence-corrected chi connectivity index (χ1v) is 7.73. The summed E-state index contributed by atoms with van der Waals surface area (Å²) in [5.74, 6) is 0.277. The van der Waals surface area contributed by atoms with Crippen LogP contribution in [0.4, 0.5) is 5.69 Å². The lowest BCUT2D eigenvalue weighted by Crippen LogP contribution is -2.46. The molecule has 2 aromatic carbocycles. The van der Waals surface area contributed by atoms with Crippen molar-refractivity contribution < 1.29 is 10.2 Å². The zero-order valence-electron chi connectivity index (χ0n) is 13.2. The molecule has 3 rings (SSSR count). The predicted molar refractivity (Wildman–Crippen MR) is 95.4 cm³/mol. The molecule has 0 saturated carbocycles. The summed E-state index contributed by atoms with van der Waals surface area (Å²) in [6.07, 6.45) is 4.59. The number of aryl methyl sites for hydroxylation is 1. The fraction of sp³-hybridized carbons (Fsp3) is 0.105. The van der Waals surface area contributed by atoms with Crippen molar-refractivity contribution in [2.45, 2.75) is 12.8 Å². The van der Waals surface area contributed by atoms with Crippen molar-refractivity contribution in [2.24, 2.45) is 5.73 Å². The van der Waals surface area contributed by atoms with E-state index in [4.69, 9.17) is 11.1 Å². The zero-order chi connectivity index (χ0) is 16.9. The van der Waals surface area contributed by atoms with Gasteiger partial charge in [0.1, 0.15) is 0 Å². The van der Waals surface area contributed by atoms with Crippen LogP contribution in [0.3, 0.4) is 0 Å². The molecule has 0 aliphatic carbocycles. The summed E-state index contributed by atoms with van der Waals surface area (Å²) in [7, 11) is 0. The number of nitrogens with zero attached hydrogens (tertiary/aromatic N) is 1. The van der Waals surface area contributed by atoms with Crippen LogP contribution in [0.5, 0.6) is 0 Å². The van der Waals surface area contributed by atoms with Crippen molar-refractivity contribution in [3.63, 3.8) is 0 Å². The van der Waals surface area contributed by atoms with Gasteiger partial charge in [-0.3, -0.25) is 20.9 Å². The van der Waals surface area contributed by atoms with E-state index in [1.807, 2.05) is 48.5 Å². The number of nitrogens with one attached hydrogen (secondary N) is 1. The fourth-order valence-electron chi connectivity index (χ4n) is 2.53. The quantitative estimate of drug-likeness (QED) is 0.488. The molecule has 24 heavy (non-hydrogen) atoms. The number of benzene rings is 2. The van der Waals surface area contributed by atoms with E-state index in [0.717, 1.165) is 27.6 Å². The van der Waals surface area contributed by atoms with E-state index in [9.17, 15) is 4.79 Å². The van der Waals surface area contributed by atoms with Crippen molar-refractivity contribution in [3.05, 3.63) is 72.1 Å². The number of carbonyl (C=O) groups excluding carboxylic acids is 1. The molecule has 0 aliphatic rings. The van der Waals surface area contributed by atoms with Gasteiger partial charge in [0.25, 0.3) is 5.84 Å². The highest BCUT2D eigenvalue weighted by molar-refractivity contribution is 5.99. The Morgan fingerprint density at radius 2 is 1.92 bits per heavy atom. The smallest absolute Gasteiger partial charge is 0.270 e. The number of amides is 1. The van der Waals surface area contributed by atoms with Crippen LogP contribution in [0.1, 0.15) is 17.5 Å². The Morgan fingerprint density at radius 1 is 1.12 bits per heavy atom. The van der Waals surface area contributed by atoms with Gasteiger partial charge in [-0.25, -0.2) is 0 Å². The standard InChI is InChI=1S/C19H18N4O/c20-19(21)16-5-4-15-11-17(7-6-14(15)10-16)23-18(24)8-3-13-2-1-9-22-12-13/h1-2,4-7,9-12H,3,8H2,(H3,20,21)(H,23,24)/p+1. The minimum absolute atomic E-state index is 0.0191. The van der Waals surface area contributed by atoms with E-state index in [-0.39, 0.29) is 5.91 Å². The summed E-state index contributed by atoms with van der Waals surface area (Å²) in [5.41, 5.74) is 8.24. The molecule has 1 heterocycles. The Labute approximate surface area is 140 Å². The van der Waals surface area contributed by atoms with Gasteiger partial charge >= 0.3 is 0 Å². The lowest BCUT2D eigenvalue weighted by Gasteiger charge is -2.07. The summed E-state index contributed by atoms with van der Waals surface area (Å²) in [6.45, 7) is 0. The molecule has 5 nitrogen and oxygen atoms in total.